The molecular weight excluding hydrogens is 445 g/mol. The van der Waals surface area contributed by atoms with Gasteiger partial charge in [0.2, 0.25) is 0 Å². The first kappa shape index (κ1) is 21.8. The second-order valence-corrected chi connectivity index (χ2v) is 7.46. The van der Waals surface area contributed by atoms with Gasteiger partial charge in [-0.2, -0.15) is 18.3 Å². The summed E-state index contributed by atoms with van der Waals surface area (Å²) in [5, 5.41) is 7.74. The molecule has 32 heavy (non-hydrogen) atoms. The van der Waals surface area contributed by atoms with E-state index in [-0.39, 0.29) is 16.3 Å². The molecular formula is C21H18ClF3N6O. The molecule has 0 spiro atoms. The van der Waals surface area contributed by atoms with Crippen LogP contribution in [0.5, 0.6) is 0 Å². The third kappa shape index (κ3) is 4.05. The number of fused-ring (bicyclic) bond motifs is 1. The molecule has 1 aromatic carbocycles. The Bertz CT molecular complexity index is 1290. The van der Waals surface area contributed by atoms with E-state index in [2.05, 4.69) is 20.4 Å². The molecule has 0 radical (unpaired) electrons. The number of anilines is 1. The number of pyridine rings is 1. The lowest BCUT2D eigenvalue weighted by Gasteiger charge is -2.10. The maximum Gasteiger partial charge on any atom is 0.416 e. The summed E-state index contributed by atoms with van der Waals surface area (Å²) in [6.07, 6.45) is 0.459. The first-order chi connectivity index (χ1) is 15.2. The summed E-state index contributed by atoms with van der Waals surface area (Å²) in [4.78, 5) is 21.4. The molecule has 0 unspecified atom stereocenters. The van der Waals surface area contributed by atoms with E-state index in [0.717, 1.165) is 24.5 Å². The van der Waals surface area contributed by atoms with Crippen LogP contribution in [0.3, 0.4) is 0 Å². The quantitative estimate of drug-likeness (QED) is 0.456. The van der Waals surface area contributed by atoms with Crippen molar-refractivity contribution in [1.29, 1.82) is 0 Å². The molecule has 0 fully saturated rings. The fourth-order valence-electron chi connectivity index (χ4n) is 3.40. The highest BCUT2D eigenvalue weighted by Crippen LogP contribution is 2.31. The molecule has 11 heteroatoms. The predicted molar refractivity (Wildman–Crippen MR) is 114 cm³/mol. The van der Waals surface area contributed by atoms with Crippen molar-refractivity contribution in [3.63, 3.8) is 0 Å². The van der Waals surface area contributed by atoms with Gasteiger partial charge in [0.25, 0.3) is 5.91 Å². The standard InChI is InChI=1S/C21H18ClF3N6O/c1-3-30-9-8-26-16(30)11-31-19-17(12(2)29-31)18(22)15(10-27-19)20(32)28-14-6-4-13(5-7-14)21(23,24)25/h4-10H,3,11H2,1-2H3,(H,28,32). The molecule has 0 saturated heterocycles. The number of amides is 1. The number of alkyl halides is 3. The van der Waals surface area contributed by atoms with Gasteiger partial charge < -0.3 is 9.88 Å². The fourth-order valence-corrected chi connectivity index (χ4v) is 3.75. The minimum Gasteiger partial charge on any atom is -0.334 e. The number of carbonyl (C=O) groups is 1. The van der Waals surface area contributed by atoms with Crippen LogP contribution in [0.4, 0.5) is 18.9 Å². The highest BCUT2D eigenvalue weighted by molar-refractivity contribution is 6.39. The molecule has 7 nitrogen and oxygen atoms in total. The Labute approximate surface area is 185 Å². The molecule has 4 aromatic rings. The third-order valence-electron chi connectivity index (χ3n) is 5.02. The molecule has 0 aliphatic heterocycles. The first-order valence-electron chi connectivity index (χ1n) is 9.69. The molecule has 0 atom stereocenters. The van der Waals surface area contributed by atoms with Gasteiger partial charge >= 0.3 is 6.18 Å². The largest absolute Gasteiger partial charge is 0.416 e. The van der Waals surface area contributed by atoms with Gasteiger partial charge in [-0.15, -0.1) is 0 Å². The van der Waals surface area contributed by atoms with E-state index < -0.39 is 17.6 Å². The number of imidazole rings is 1. The maximum absolute atomic E-state index is 12.7. The van der Waals surface area contributed by atoms with E-state index in [9.17, 15) is 18.0 Å². The van der Waals surface area contributed by atoms with E-state index in [1.165, 1.54) is 18.3 Å². The summed E-state index contributed by atoms with van der Waals surface area (Å²) in [5.41, 5.74) is 0.596. The number of aromatic nitrogens is 5. The average Bonchev–Trinajstić information content (AvgIpc) is 3.32. The van der Waals surface area contributed by atoms with Crippen molar-refractivity contribution in [1.82, 2.24) is 24.3 Å². The van der Waals surface area contributed by atoms with Crippen molar-refractivity contribution < 1.29 is 18.0 Å². The smallest absolute Gasteiger partial charge is 0.334 e. The SMILES string of the molecule is CCn1ccnc1Cn1nc(C)c2c(Cl)c(C(=O)Nc3ccc(C(F)(F)F)cc3)cnc21. The topological polar surface area (TPSA) is 77.6 Å². The number of nitrogens with zero attached hydrogens (tertiary/aromatic N) is 5. The normalized spacial score (nSPS) is 11.8. The summed E-state index contributed by atoms with van der Waals surface area (Å²) in [6, 6.07) is 4.15. The number of rotatable bonds is 5. The zero-order chi connectivity index (χ0) is 23.0. The summed E-state index contributed by atoms with van der Waals surface area (Å²) in [5.74, 6) is 0.219. The van der Waals surface area contributed by atoms with Crippen LogP contribution in [-0.2, 0) is 19.3 Å². The average molecular weight is 463 g/mol. The van der Waals surface area contributed by atoms with E-state index in [4.69, 9.17) is 11.6 Å². The van der Waals surface area contributed by atoms with Gasteiger partial charge in [-0.3, -0.25) is 4.79 Å². The summed E-state index contributed by atoms with van der Waals surface area (Å²) in [7, 11) is 0. The van der Waals surface area contributed by atoms with Gasteiger partial charge in [0.1, 0.15) is 12.4 Å². The van der Waals surface area contributed by atoms with E-state index in [0.29, 0.717) is 23.3 Å². The van der Waals surface area contributed by atoms with Gasteiger partial charge in [0.05, 0.1) is 27.2 Å². The number of nitrogens with one attached hydrogen (secondary N) is 1. The molecule has 0 aliphatic rings. The lowest BCUT2D eigenvalue weighted by molar-refractivity contribution is -0.137. The molecule has 0 bridgehead atoms. The lowest BCUT2D eigenvalue weighted by atomic mass is 10.1. The monoisotopic (exact) mass is 462 g/mol. The predicted octanol–water partition coefficient (Wildman–Crippen LogP) is 4.93. The van der Waals surface area contributed by atoms with Crippen LogP contribution in [0.2, 0.25) is 5.02 Å². The molecule has 4 rings (SSSR count). The Kier molecular flexibility index (Phi) is 5.64. The van der Waals surface area contributed by atoms with E-state index in [1.807, 2.05) is 17.7 Å². The minimum atomic E-state index is -4.45. The molecule has 0 saturated carbocycles. The number of benzene rings is 1. The molecule has 166 valence electrons. The Hall–Kier alpha value is -3.40. The molecule has 1 amide bonds. The second kappa shape index (κ2) is 8.27. The zero-order valence-electron chi connectivity index (χ0n) is 17.1. The summed E-state index contributed by atoms with van der Waals surface area (Å²) in [6.45, 7) is 4.91. The summed E-state index contributed by atoms with van der Waals surface area (Å²) >= 11 is 6.52. The van der Waals surface area contributed by atoms with Gasteiger partial charge in [0.15, 0.2) is 5.65 Å². The van der Waals surface area contributed by atoms with Crippen LogP contribution in [0.1, 0.15) is 34.4 Å². The summed E-state index contributed by atoms with van der Waals surface area (Å²) < 4.78 is 41.8. The fraction of sp³-hybridized carbons (Fsp3) is 0.238. The van der Waals surface area contributed by atoms with Gasteiger partial charge in [-0.1, -0.05) is 11.6 Å². The van der Waals surface area contributed by atoms with Crippen LogP contribution in [0, 0.1) is 6.92 Å². The number of carbonyl (C=O) groups excluding carboxylic acids is 1. The third-order valence-corrected chi connectivity index (χ3v) is 5.41. The van der Waals surface area contributed by atoms with Crippen molar-refractivity contribution in [3.8, 4) is 0 Å². The van der Waals surface area contributed by atoms with Gasteiger partial charge in [0, 0.05) is 30.8 Å². The lowest BCUT2D eigenvalue weighted by Crippen LogP contribution is -2.14. The van der Waals surface area contributed by atoms with Crippen LogP contribution < -0.4 is 5.32 Å². The Morgan fingerprint density at radius 2 is 1.91 bits per heavy atom. The van der Waals surface area contributed by atoms with Crippen molar-refractivity contribution in [3.05, 3.63) is 70.5 Å². The highest BCUT2D eigenvalue weighted by atomic mass is 35.5. The van der Waals surface area contributed by atoms with Crippen molar-refractivity contribution in [2.75, 3.05) is 5.32 Å². The Morgan fingerprint density at radius 1 is 1.19 bits per heavy atom. The van der Waals surface area contributed by atoms with Crippen molar-refractivity contribution >= 4 is 34.2 Å². The molecule has 0 aliphatic carbocycles. The van der Waals surface area contributed by atoms with Crippen LogP contribution in [0.25, 0.3) is 11.0 Å². The van der Waals surface area contributed by atoms with E-state index in [1.54, 1.807) is 17.8 Å². The number of halogens is 4. The van der Waals surface area contributed by atoms with Gasteiger partial charge in [-0.25, -0.2) is 14.6 Å². The first-order valence-corrected chi connectivity index (χ1v) is 10.1. The highest BCUT2D eigenvalue weighted by Gasteiger charge is 2.30. The van der Waals surface area contributed by atoms with E-state index >= 15 is 0 Å². The maximum atomic E-state index is 12.7. The van der Waals surface area contributed by atoms with Crippen molar-refractivity contribution in [2.24, 2.45) is 0 Å². The number of hydrogen-bond acceptors (Lipinski definition) is 4. The molecule has 3 aromatic heterocycles. The molecule has 3 heterocycles. The second-order valence-electron chi connectivity index (χ2n) is 7.09. The Balaban J connectivity index is 1.62. The van der Waals surface area contributed by atoms with Crippen LogP contribution in [0.15, 0.2) is 42.9 Å². The molecule has 1 N–H and O–H groups in total. The number of aryl methyl sites for hydroxylation is 2. The van der Waals surface area contributed by atoms with Gasteiger partial charge in [-0.05, 0) is 38.1 Å². The van der Waals surface area contributed by atoms with Crippen molar-refractivity contribution in [2.45, 2.75) is 33.1 Å². The van der Waals surface area contributed by atoms with Crippen LogP contribution in [-0.4, -0.2) is 30.2 Å². The minimum absolute atomic E-state index is 0.0942. The van der Waals surface area contributed by atoms with Crippen LogP contribution >= 0.6 is 11.6 Å². The zero-order valence-corrected chi connectivity index (χ0v) is 17.9. The number of hydrogen-bond donors (Lipinski definition) is 1. The Morgan fingerprint density at radius 3 is 2.56 bits per heavy atom.